The fourth-order valence-electron chi connectivity index (χ4n) is 3.77. The molecule has 0 saturated carbocycles. The molecule has 0 aliphatic carbocycles. The van der Waals surface area contributed by atoms with Crippen LogP contribution in [0.3, 0.4) is 0 Å². The first kappa shape index (κ1) is 23.4. The number of anilines is 1. The highest BCUT2D eigenvalue weighted by molar-refractivity contribution is 7.99. The maximum atomic E-state index is 13.5. The Labute approximate surface area is 195 Å². The highest BCUT2D eigenvalue weighted by atomic mass is 32.2. The predicted molar refractivity (Wildman–Crippen MR) is 125 cm³/mol. The van der Waals surface area contributed by atoms with Crippen LogP contribution in [0.4, 0.5) is 14.5 Å². The number of amides is 1. The summed E-state index contributed by atoms with van der Waals surface area (Å²) in [5.74, 6) is -3.01. The summed E-state index contributed by atoms with van der Waals surface area (Å²) in [6.45, 7) is 1.95. The number of carbonyl (C=O) groups excluding carboxylic acids is 1. The van der Waals surface area contributed by atoms with E-state index in [-0.39, 0.29) is 17.9 Å². The number of carbonyl (C=O) groups is 1. The quantitative estimate of drug-likeness (QED) is 0.493. The first-order chi connectivity index (χ1) is 15.7. The Balaban J connectivity index is 1.63. The third-order valence-electron chi connectivity index (χ3n) is 5.48. The molecule has 3 aromatic carbocycles. The van der Waals surface area contributed by atoms with Crippen LogP contribution in [0.25, 0.3) is 0 Å². The van der Waals surface area contributed by atoms with Crippen molar-refractivity contribution in [3.05, 3.63) is 89.5 Å². The standard InChI is InChI=1S/C24H22F2N2O3S2/c1-16-6-12-21(13-7-16)33(30,31)28-15-18-5-3-2-4-17(18)14-22(28)23(29)27-19-8-10-20(11-9-19)32-24(25)26/h2-13,22,24H,14-15H2,1H3,(H,27,29). The summed E-state index contributed by atoms with van der Waals surface area (Å²) in [6, 6.07) is 19.1. The molecule has 4 rings (SSSR count). The lowest BCUT2D eigenvalue weighted by Crippen LogP contribution is -2.50. The van der Waals surface area contributed by atoms with Crippen molar-refractivity contribution in [1.29, 1.82) is 0 Å². The van der Waals surface area contributed by atoms with Crippen molar-refractivity contribution in [3.8, 4) is 0 Å². The maximum Gasteiger partial charge on any atom is 0.288 e. The molecule has 172 valence electrons. The number of halogens is 2. The molecule has 1 aliphatic rings. The van der Waals surface area contributed by atoms with Crippen molar-refractivity contribution in [2.24, 2.45) is 0 Å². The number of rotatable bonds is 6. The highest BCUT2D eigenvalue weighted by Gasteiger charge is 2.39. The Hall–Kier alpha value is -2.75. The van der Waals surface area contributed by atoms with Gasteiger partial charge in [0, 0.05) is 17.1 Å². The Morgan fingerprint density at radius 3 is 2.27 bits per heavy atom. The van der Waals surface area contributed by atoms with Crippen LogP contribution in [-0.2, 0) is 27.8 Å². The van der Waals surface area contributed by atoms with E-state index in [9.17, 15) is 22.0 Å². The lowest BCUT2D eigenvalue weighted by molar-refractivity contribution is -0.120. The van der Waals surface area contributed by atoms with Gasteiger partial charge in [-0.15, -0.1) is 0 Å². The average molecular weight is 489 g/mol. The molecule has 1 aliphatic heterocycles. The number of thioether (sulfide) groups is 1. The van der Waals surface area contributed by atoms with E-state index in [0.29, 0.717) is 22.3 Å². The van der Waals surface area contributed by atoms with Gasteiger partial charge in [0.05, 0.1) is 4.90 Å². The number of sulfonamides is 1. The zero-order valence-corrected chi connectivity index (χ0v) is 19.4. The molecule has 1 heterocycles. The molecular weight excluding hydrogens is 466 g/mol. The van der Waals surface area contributed by atoms with Gasteiger partial charge in [0.25, 0.3) is 5.76 Å². The largest absolute Gasteiger partial charge is 0.325 e. The topological polar surface area (TPSA) is 66.5 Å². The van der Waals surface area contributed by atoms with Crippen LogP contribution in [0, 0.1) is 6.92 Å². The van der Waals surface area contributed by atoms with Gasteiger partial charge in [0.15, 0.2) is 0 Å². The van der Waals surface area contributed by atoms with Gasteiger partial charge >= 0.3 is 0 Å². The number of hydrogen-bond donors (Lipinski definition) is 1. The lowest BCUT2D eigenvalue weighted by atomic mass is 9.95. The van der Waals surface area contributed by atoms with Crippen molar-refractivity contribution in [2.45, 2.75) is 41.5 Å². The van der Waals surface area contributed by atoms with Crippen LogP contribution in [0.15, 0.2) is 82.6 Å². The van der Waals surface area contributed by atoms with Crippen molar-refractivity contribution in [3.63, 3.8) is 0 Å². The summed E-state index contributed by atoms with van der Waals surface area (Å²) in [5, 5.41) is 2.74. The molecule has 1 N–H and O–H groups in total. The molecule has 5 nitrogen and oxygen atoms in total. The van der Waals surface area contributed by atoms with Gasteiger partial charge in [-0.25, -0.2) is 8.42 Å². The van der Waals surface area contributed by atoms with Crippen LogP contribution >= 0.6 is 11.8 Å². The lowest BCUT2D eigenvalue weighted by Gasteiger charge is -2.35. The number of nitrogens with one attached hydrogen (secondary N) is 1. The Kier molecular flexibility index (Phi) is 6.83. The van der Waals surface area contributed by atoms with E-state index in [1.165, 1.54) is 28.6 Å². The summed E-state index contributed by atoms with van der Waals surface area (Å²) in [7, 11) is -3.94. The number of alkyl halides is 2. The van der Waals surface area contributed by atoms with Gasteiger partial charge in [-0.05, 0) is 60.9 Å². The molecule has 0 saturated heterocycles. The summed E-state index contributed by atoms with van der Waals surface area (Å²) in [6.07, 6.45) is 0.229. The average Bonchev–Trinajstić information content (AvgIpc) is 2.79. The summed E-state index contributed by atoms with van der Waals surface area (Å²) >= 11 is 0.415. The Bertz CT molecular complexity index is 1250. The van der Waals surface area contributed by atoms with Crippen molar-refractivity contribution < 1.29 is 22.0 Å². The Morgan fingerprint density at radius 1 is 1.00 bits per heavy atom. The van der Waals surface area contributed by atoms with E-state index < -0.39 is 27.7 Å². The summed E-state index contributed by atoms with van der Waals surface area (Å²) in [4.78, 5) is 13.7. The van der Waals surface area contributed by atoms with Gasteiger partial charge in [-0.2, -0.15) is 13.1 Å². The molecule has 33 heavy (non-hydrogen) atoms. The second-order valence-electron chi connectivity index (χ2n) is 7.74. The number of hydrogen-bond acceptors (Lipinski definition) is 4. The van der Waals surface area contributed by atoms with E-state index in [1.807, 2.05) is 31.2 Å². The second kappa shape index (κ2) is 9.62. The molecule has 1 amide bonds. The van der Waals surface area contributed by atoms with Gasteiger partial charge in [0.2, 0.25) is 15.9 Å². The van der Waals surface area contributed by atoms with Crippen LogP contribution in [0.1, 0.15) is 16.7 Å². The monoisotopic (exact) mass is 488 g/mol. The minimum absolute atomic E-state index is 0.0778. The number of nitrogens with zero attached hydrogens (tertiary/aromatic N) is 1. The maximum absolute atomic E-state index is 13.5. The SMILES string of the molecule is Cc1ccc(S(=O)(=O)N2Cc3ccccc3CC2C(=O)Nc2ccc(SC(F)F)cc2)cc1. The summed E-state index contributed by atoms with van der Waals surface area (Å²) < 4.78 is 53.3. The number of fused-ring (bicyclic) bond motifs is 1. The fourth-order valence-corrected chi connectivity index (χ4v) is 5.83. The summed E-state index contributed by atoms with van der Waals surface area (Å²) in [5.41, 5.74) is 3.10. The fraction of sp³-hybridized carbons (Fsp3) is 0.208. The van der Waals surface area contributed by atoms with Crippen LogP contribution in [0.5, 0.6) is 0 Å². The van der Waals surface area contributed by atoms with Crippen molar-refractivity contribution in [1.82, 2.24) is 4.31 Å². The van der Waals surface area contributed by atoms with Gasteiger partial charge < -0.3 is 5.32 Å². The first-order valence-corrected chi connectivity index (χ1v) is 12.6. The van der Waals surface area contributed by atoms with E-state index in [1.54, 1.807) is 24.3 Å². The smallest absolute Gasteiger partial charge is 0.288 e. The molecule has 3 aromatic rings. The van der Waals surface area contributed by atoms with E-state index in [2.05, 4.69) is 5.32 Å². The van der Waals surface area contributed by atoms with E-state index in [0.717, 1.165) is 16.7 Å². The Morgan fingerprint density at radius 2 is 1.64 bits per heavy atom. The van der Waals surface area contributed by atoms with E-state index >= 15 is 0 Å². The van der Waals surface area contributed by atoms with E-state index in [4.69, 9.17) is 0 Å². The molecule has 9 heteroatoms. The normalized spacial score (nSPS) is 16.4. The molecule has 0 bridgehead atoms. The van der Waals surface area contributed by atoms with Crippen LogP contribution < -0.4 is 5.32 Å². The third kappa shape index (κ3) is 5.26. The minimum Gasteiger partial charge on any atom is -0.325 e. The second-order valence-corrected chi connectivity index (χ2v) is 10.7. The third-order valence-corrected chi connectivity index (χ3v) is 8.07. The zero-order valence-electron chi connectivity index (χ0n) is 17.7. The molecule has 0 spiro atoms. The number of aryl methyl sites for hydroxylation is 1. The van der Waals surface area contributed by atoms with Gasteiger partial charge in [0.1, 0.15) is 6.04 Å². The molecule has 0 radical (unpaired) electrons. The first-order valence-electron chi connectivity index (χ1n) is 10.2. The van der Waals surface area contributed by atoms with Crippen LogP contribution in [-0.4, -0.2) is 30.4 Å². The predicted octanol–water partition coefficient (Wildman–Crippen LogP) is 5.06. The minimum atomic E-state index is -3.94. The van der Waals surface area contributed by atoms with Gasteiger partial charge in [-0.1, -0.05) is 53.7 Å². The molecular formula is C24H22F2N2O3S2. The zero-order chi connectivity index (χ0) is 23.6. The molecule has 0 fully saturated rings. The van der Waals surface area contributed by atoms with Crippen molar-refractivity contribution in [2.75, 3.05) is 5.32 Å². The highest BCUT2D eigenvalue weighted by Crippen LogP contribution is 2.31. The number of benzene rings is 3. The molecule has 1 atom stereocenters. The van der Waals surface area contributed by atoms with Gasteiger partial charge in [-0.3, -0.25) is 4.79 Å². The van der Waals surface area contributed by atoms with Crippen LogP contribution in [0.2, 0.25) is 0 Å². The molecule has 1 unspecified atom stereocenters. The van der Waals surface area contributed by atoms with Crippen molar-refractivity contribution >= 4 is 33.4 Å². The molecule has 0 aromatic heterocycles.